The molecule has 0 spiro atoms. The van der Waals surface area contributed by atoms with Gasteiger partial charge in [0.1, 0.15) is 0 Å². The average molecular weight is 305 g/mol. The van der Waals surface area contributed by atoms with Gasteiger partial charge < -0.3 is 5.32 Å². The van der Waals surface area contributed by atoms with E-state index in [0.29, 0.717) is 0 Å². The van der Waals surface area contributed by atoms with Gasteiger partial charge in [-0.25, -0.2) is 0 Å². The number of pyridine rings is 1. The molecule has 3 rings (SSSR count). The molecule has 1 aromatic heterocycles. The summed E-state index contributed by atoms with van der Waals surface area (Å²) in [6, 6.07) is 6.32. The molecule has 0 amide bonds. The van der Waals surface area contributed by atoms with Gasteiger partial charge in [-0.2, -0.15) is 0 Å². The van der Waals surface area contributed by atoms with Gasteiger partial charge in [-0.3, -0.25) is 4.98 Å². The summed E-state index contributed by atoms with van der Waals surface area (Å²) in [6.07, 6.45) is 4.83. The van der Waals surface area contributed by atoms with Gasteiger partial charge in [0.15, 0.2) is 0 Å². The van der Waals surface area contributed by atoms with Crippen molar-refractivity contribution in [2.24, 2.45) is 0 Å². The van der Waals surface area contributed by atoms with Crippen LogP contribution in [0.15, 0.2) is 22.7 Å². The van der Waals surface area contributed by atoms with Crippen molar-refractivity contribution < 1.29 is 0 Å². The number of fused-ring (bicyclic) bond motifs is 2. The van der Waals surface area contributed by atoms with E-state index in [1.165, 1.54) is 35.2 Å². The third kappa shape index (κ3) is 1.91. The van der Waals surface area contributed by atoms with Gasteiger partial charge in [-0.05, 0) is 60.2 Å². The van der Waals surface area contributed by atoms with Crippen LogP contribution in [0.2, 0.25) is 0 Å². The van der Waals surface area contributed by atoms with Crippen molar-refractivity contribution in [3.63, 3.8) is 0 Å². The monoisotopic (exact) mass is 304 g/mol. The van der Waals surface area contributed by atoms with E-state index in [0.717, 1.165) is 29.4 Å². The van der Waals surface area contributed by atoms with Crippen LogP contribution in [0.4, 0.5) is 5.69 Å². The van der Waals surface area contributed by atoms with Crippen molar-refractivity contribution in [1.29, 1.82) is 0 Å². The summed E-state index contributed by atoms with van der Waals surface area (Å²) in [5.74, 6) is 0. The first-order valence-corrected chi connectivity index (χ1v) is 7.44. The minimum absolute atomic E-state index is 0.956. The van der Waals surface area contributed by atoms with E-state index in [9.17, 15) is 0 Å². The second-order valence-corrected chi connectivity index (χ2v) is 5.64. The Bertz CT molecular complexity index is 593. The summed E-state index contributed by atoms with van der Waals surface area (Å²) >= 11 is 3.62. The topological polar surface area (TPSA) is 24.9 Å². The third-order valence-corrected chi connectivity index (χ3v) is 4.24. The smallest absolute Gasteiger partial charge is 0.0868 e. The molecule has 2 aromatic rings. The summed E-state index contributed by atoms with van der Waals surface area (Å²) < 4.78 is 1.09. The number of anilines is 1. The van der Waals surface area contributed by atoms with E-state index in [2.05, 4.69) is 46.4 Å². The Balaban J connectivity index is 2.33. The summed E-state index contributed by atoms with van der Waals surface area (Å²) in [4.78, 5) is 4.87. The highest BCUT2D eigenvalue weighted by Gasteiger charge is 2.18. The molecule has 3 heteroatoms. The molecule has 0 bridgehead atoms. The lowest BCUT2D eigenvalue weighted by atomic mass is 9.92. The first kappa shape index (κ1) is 12.0. The number of aryl methyl sites for hydroxylation is 1. The van der Waals surface area contributed by atoms with Crippen molar-refractivity contribution in [1.82, 2.24) is 4.98 Å². The molecule has 1 aromatic carbocycles. The lowest BCUT2D eigenvalue weighted by molar-refractivity contribution is 0.672. The third-order valence-electron chi connectivity index (χ3n) is 3.60. The quantitative estimate of drug-likeness (QED) is 0.894. The second-order valence-electron chi connectivity index (χ2n) is 4.79. The fourth-order valence-electron chi connectivity index (χ4n) is 2.79. The molecule has 18 heavy (non-hydrogen) atoms. The zero-order valence-corrected chi connectivity index (χ0v) is 12.2. The molecule has 1 aliphatic rings. The Kier molecular flexibility index (Phi) is 3.25. The lowest BCUT2D eigenvalue weighted by Crippen LogP contribution is -2.11. The predicted octanol–water partition coefficient (Wildman–Crippen LogP) is 4.31. The molecular formula is C15H17BrN2. The Morgan fingerprint density at radius 1 is 1.28 bits per heavy atom. The SMILES string of the molecule is CCNc1c2c(nc3c(Br)cccc13)CCCC2. The van der Waals surface area contributed by atoms with Gasteiger partial charge >= 0.3 is 0 Å². The number of rotatable bonds is 2. The van der Waals surface area contributed by atoms with E-state index in [1.807, 2.05) is 0 Å². The van der Waals surface area contributed by atoms with Crippen molar-refractivity contribution >= 4 is 32.5 Å². The van der Waals surface area contributed by atoms with E-state index in [4.69, 9.17) is 4.98 Å². The molecule has 0 unspecified atom stereocenters. The first-order chi connectivity index (χ1) is 8.81. The van der Waals surface area contributed by atoms with Gasteiger partial charge in [-0.15, -0.1) is 0 Å². The van der Waals surface area contributed by atoms with Crippen LogP contribution in [0.25, 0.3) is 10.9 Å². The molecule has 0 fully saturated rings. The zero-order valence-electron chi connectivity index (χ0n) is 10.6. The van der Waals surface area contributed by atoms with Crippen LogP contribution in [0.1, 0.15) is 31.0 Å². The molecule has 1 N–H and O–H groups in total. The maximum atomic E-state index is 4.87. The Morgan fingerprint density at radius 3 is 2.94 bits per heavy atom. The Morgan fingerprint density at radius 2 is 2.11 bits per heavy atom. The lowest BCUT2D eigenvalue weighted by Gasteiger charge is -2.21. The minimum atomic E-state index is 0.956. The molecule has 94 valence electrons. The number of para-hydroxylation sites is 1. The minimum Gasteiger partial charge on any atom is -0.384 e. The highest BCUT2D eigenvalue weighted by molar-refractivity contribution is 9.10. The van der Waals surface area contributed by atoms with Crippen LogP contribution in [-0.2, 0) is 12.8 Å². The summed E-state index contributed by atoms with van der Waals surface area (Å²) in [7, 11) is 0. The van der Waals surface area contributed by atoms with Crippen LogP contribution in [0.5, 0.6) is 0 Å². The number of halogens is 1. The van der Waals surface area contributed by atoms with E-state index < -0.39 is 0 Å². The van der Waals surface area contributed by atoms with Crippen LogP contribution >= 0.6 is 15.9 Å². The van der Waals surface area contributed by atoms with Crippen molar-refractivity contribution in [3.8, 4) is 0 Å². The highest BCUT2D eigenvalue weighted by Crippen LogP contribution is 2.35. The number of hydrogen-bond acceptors (Lipinski definition) is 2. The molecule has 0 atom stereocenters. The second kappa shape index (κ2) is 4.88. The van der Waals surface area contributed by atoms with E-state index in [1.54, 1.807) is 0 Å². The van der Waals surface area contributed by atoms with Crippen molar-refractivity contribution in [2.75, 3.05) is 11.9 Å². The van der Waals surface area contributed by atoms with Crippen LogP contribution < -0.4 is 5.32 Å². The highest BCUT2D eigenvalue weighted by atomic mass is 79.9. The van der Waals surface area contributed by atoms with Crippen LogP contribution in [-0.4, -0.2) is 11.5 Å². The molecule has 0 saturated carbocycles. The maximum Gasteiger partial charge on any atom is 0.0868 e. The van der Waals surface area contributed by atoms with Gasteiger partial charge in [0.05, 0.1) is 5.52 Å². The molecule has 2 nitrogen and oxygen atoms in total. The van der Waals surface area contributed by atoms with E-state index in [-0.39, 0.29) is 0 Å². The standard InChI is InChI=1S/C15H17BrN2/c1-2-17-14-10-6-3-4-9-13(10)18-15-11(14)7-5-8-12(15)16/h5,7-8H,2-4,6,9H2,1H3,(H,17,18). The molecule has 0 radical (unpaired) electrons. The average Bonchev–Trinajstić information content (AvgIpc) is 2.40. The van der Waals surface area contributed by atoms with Gasteiger partial charge in [-0.1, -0.05) is 12.1 Å². The van der Waals surface area contributed by atoms with E-state index >= 15 is 0 Å². The first-order valence-electron chi connectivity index (χ1n) is 6.65. The van der Waals surface area contributed by atoms with Crippen LogP contribution in [0.3, 0.4) is 0 Å². The predicted molar refractivity (Wildman–Crippen MR) is 80.2 cm³/mol. The summed E-state index contributed by atoms with van der Waals surface area (Å²) in [5.41, 5.74) is 5.12. The molecule has 0 aliphatic heterocycles. The van der Waals surface area contributed by atoms with Gasteiger partial charge in [0.25, 0.3) is 0 Å². The Labute approximate surface area is 116 Å². The van der Waals surface area contributed by atoms with Crippen molar-refractivity contribution in [2.45, 2.75) is 32.6 Å². The molecular weight excluding hydrogens is 288 g/mol. The number of benzene rings is 1. The number of aromatic nitrogens is 1. The van der Waals surface area contributed by atoms with Crippen LogP contribution in [0, 0.1) is 0 Å². The zero-order chi connectivity index (χ0) is 12.5. The Hall–Kier alpha value is -1.09. The molecule has 0 saturated heterocycles. The largest absolute Gasteiger partial charge is 0.384 e. The number of nitrogens with one attached hydrogen (secondary N) is 1. The number of nitrogens with zero attached hydrogens (tertiary/aromatic N) is 1. The fourth-order valence-corrected chi connectivity index (χ4v) is 3.24. The molecule has 1 aliphatic carbocycles. The maximum absolute atomic E-state index is 4.87. The fraction of sp³-hybridized carbons (Fsp3) is 0.400. The number of hydrogen-bond donors (Lipinski definition) is 1. The summed E-state index contributed by atoms with van der Waals surface area (Å²) in [5, 5.41) is 4.79. The van der Waals surface area contributed by atoms with Gasteiger partial charge in [0.2, 0.25) is 0 Å². The van der Waals surface area contributed by atoms with Crippen molar-refractivity contribution in [3.05, 3.63) is 33.9 Å². The van der Waals surface area contributed by atoms with Gasteiger partial charge in [0, 0.05) is 27.8 Å². The normalized spacial score (nSPS) is 14.6. The summed E-state index contributed by atoms with van der Waals surface area (Å²) in [6.45, 7) is 3.11. The molecule has 1 heterocycles.